The van der Waals surface area contributed by atoms with E-state index in [1.54, 1.807) is 7.11 Å². The maximum Gasteiger partial charge on any atom is 0.165 e. The van der Waals surface area contributed by atoms with Crippen LogP contribution in [0.1, 0.15) is 42.4 Å². The lowest BCUT2D eigenvalue weighted by Crippen LogP contribution is -2.78. The number of ether oxygens (including phenoxy) is 2. The summed E-state index contributed by atoms with van der Waals surface area (Å²) in [5, 5.41) is 0. The molecule has 174 valence electrons. The van der Waals surface area contributed by atoms with Crippen LogP contribution >= 0.6 is 0 Å². The van der Waals surface area contributed by atoms with E-state index in [0.29, 0.717) is 6.04 Å². The number of methoxy groups -OCH3 is 1. The number of likely N-dealkylation sites (tertiary alicyclic amines) is 1. The van der Waals surface area contributed by atoms with Crippen LogP contribution in [0.2, 0.25) is 0 Å². The highest BCUT2D eigenvalue weighted by atomic mass is 16.5. The number of hydrogen-bond acceptors (Lipinski definition) is 4. The number of benzene rings is 2. The maximum absolute atomic E-state index is 12.8. The SMILES string of the molecule is COc1ccc2c3c1O[C@H]1C4(c5ccccc5)C=CC5(CC4C=O)[C@@H](C2)N(CC2CC2)CC[C@]315. The van der Waals surface area contributed by atoms with E-state index >= 15 is 0 Å². The molecule has 34 heavy (non-hydrogen) atoms. The number of carbonyl (C=O) groups excluding carboxylic acids is 1. The summed E-state index contributed by atoms with van der Waals surface area (Å²) in [4.78, 5) is 15.6. The molecule has 0 radical (unpaired) electrons. The molecular formula is C30H31NO3. The average Bonchev–Trinajstić information content (AvgIpc) is 3.62. The summed E-state index contributed by atoms with van der Waals surface area (Å²) in [6.07, 6.45) is 11.9. The molecule has 3 unspecified atom stereocenters. The molecule has 9 rings (SSSR count). The number of rotatable bonds is 5. The molecule has 2 aliphatic heterocycles. The molecule has 2 aromatic rings. The predicted molar refractivity (Wildman–Crippen MR) is 129 cm³/mol. The minimum Gasteiger partial charge on any atom is -0.493 e. The molecule has 2 aromatic carbocycles. The second-order valence-electron chi connectivity index (χ2n) is 11.6. The van der Waals surface area contributed by atoms with Gasteiger partial charge in [0.15, 0.2) is 11.5 Å². The van der Waals surface area contributed by atoms with Crippen LogP contribution in [-0.4, -0.2) is 43.5 Å². The summed E-state index contributed by atoms with van der Waals surface area (Å²) in [5.41, 5.74) is 3.39. The Morgan fingerprint density at radius 2 is 2.00 bits per heavy atom. The average molecular weight is 454 g/mol. The molecular weight excluding hydrogens is 422 g/mol. The first-order chi connectivity index (χ1) is 16.7. The second-order valence-corrected chi connectivity index (χ2v) is 11.6. The summed E-state index contributed by atoms with van der Waals surface area (Å²) in [7, 11) is 1.74. The van der Waals surface area contributed by atoms with Crippen molar-refractivity contribution >= 4 is 6.29 Å². The fourth-order valence-electron chi connectivity index (χ4n) is 9.05. The quantitative estimate of drug-likeness (QED) is 0.495. The number of carbonyl (C=O) groups is 1. The molecule has 2 spiro atoms. The largest absolute Gasteiger partial charge is 0.493 e. The first-order valence-corrected chi connectivity index (χ1v) is 13.0. The second kappa shape index (κ2) is 6.34. The first-order valence-electron chi connectivity index (χ1n) is 13.0. The molecule has 4 bridgehead atoms. The first kappa shape index (κ1) is 19.7. The smallest absolute Gasteiger partial charge is 0.165 e. The van der Waals surface area contributed by atoms with E-state index in [1.807, 2.05) is 0 Å². The van der Waals surface area contributed by atoms with Gasteiger partial charge in [-0.1, -0.05) is 48.6 Å². The molecule has 5 aliphatic carbocycles. The molecule has 1 saturated heterocycles. The van der Waals surface area contributed by atoms with E-state index in [1.165, 1.54) is 42.4 Å². The van der Waals surface area contributed by atoms with Crippen LogP contribution in [0.4, 0.5) is 0 Å². The third-order valence-electron chi connectivity index (χ3n) is 10.5. The van der Waals surface area contributed by atoms with E-state index in [9.17, 15) is 4.79 Å². The zero-order valence-electron chi connectivity index (χ0n) is 19.7. The highest BCUT2D eigenvalue weighted by Gasteiger charge is 2.79. The third-order valence-corrected chi connectivity index (χ3v) is 10.5. The van der Waals surface area contributed by atoms with Crippen molar-refractivity contribution in [3.8, 4) is 11.5 Å². The van der Waals surface area contributed by atoms with Crippen molar-refractivity contribution in [3.63, 3.8) is 0 Å². The molecule has 4 heteroatoms. The third kappa shape index (κ3) is 2.02. The molecule has 4 nitrogen and oxygen atoms in total. The van der Waals surface area contributed by atoms with E-state index < -0.39 is 5.41 Å². The molecule has 6 atom stereocenters. The van der Waals surface area contributed by atoms with Gasteiger partial charge < -0.3 is 14.3 Å². The topological polar surface area (TPSA) is 38.8 Å². The normalized spacial score (nSPS) is 40.6. The van der Waals surface area contributed by atoms with Crippen molar-refractivity contribution in [2.45, 2.75) is 55.1 Å². The highest BCUT2D eigenvalue weighted by molar-refractivity contribution is 5.71. The fraction of sp³-hybridized carbons (Fsp3) is 0.500. The van der Waals surface area contributed by atoms with Crippen LogP contribution < -0.4 is 9.47 Å². The van der Waals surface area contributed by atoms with Crippen LogP contribution in [0.25, 0.3) is 0 Å². The predicted octanol–water partition coefficient (Wildman–Crippen LogP) is 4.45. The minimum absolute atomic E-state index is 0.0719. The maximum atomic E-state index is 12.8. The summed E-state index contributed by atoms with van der Waals surface area (Å²) < 4.78 is 12.9. The Morgan fingerprint density at radius 3 is 2.76 bits per heavy atom. The number of hydrogen-bond donors (Lipinski definition) is 0. The Hall–Kier alpha value is -2.59. The van der Waals surface area contributed by atoms with Gasteiger partial charge in [-0.3, -0.25) is 4.90 Å². The summed E-state index contributed by atoms with van der Waals surface area (Å²) in [6, 6.07) is 15.5. The lowest BCUT2D eigenvalue weighted by atomic mass is 9.34. The summed E-state index contributed by atoms with van der Waals surface area (Å²) in [5.74, 6) is 2.54. The number of piperidine rings is 1. The molecule has 2 heterocycles. The Bertz CT molecular complexity index is 1240. The van der Waals surface area contributed by atoms with Gasteiger partial charge in [0.25, 0.3) is 0 Å². The van der Waals surface area contributed by atoms with Crippen LogP contribution in [0, 0.1) is 17.3 Å². The fourth-order valence-corrected chi connectivity index (χ4v) is 9.05. The van der Waals surface area contributed by atoms with Crippen LogP contribution in [-0.2, 0) is 22.0 Å². The summed E-state index contributed by atoms with van der Waals surface area (Å²) in [6.45, 7) is 2.32. The van der Waals surface area contributed by atoms with E-state index in [4.69, 9.17) is 9.47 Å². The van der Waals surface area contributed by atoms with E-state index in [2.05, 4.69) is 59.5 Å². The number of nitrogens with zero attached hydrogens (tertiary/aromatic N) is 1. The molecule has 3 fully saturated rings. The van der Waals surface area contributed by atoms with Crippen LogP contribution in [0.5, 0.6) is 11.5 Å². The molecule has 0 aromatic heterocycles. The van der Waals surface area contributed by atoms with Crippen molar-refractivity contribution < 1.29 is 14.3 Å². The monoisotopic (exact) mass is 453 g/mol. The van der Waals surface area contributed by atoms with Gasteiger partial charge >= 0.3 is 0 Å². The zero-order valence-corrected chi connectivity index (χ0v) is 19.7. The summed E-state index contributed by atoms with van der Waals surface area (Å²) >= 11 is 0. The molecule has 0 N–H and O–H groups in total. The van der Waals surface area contributed by atoms with Gasteiger partial charge in [-0.25, -0.2) is 0 Å². The zero-order chi connectivity index (χ0) is 22.7. The van der Waals surface area contributed by atoms with Gasteiger partial charge in [-0.05, 0) is 61.8 Å². The van der Waals surface area contributed by atoms with Gasteiger partial charge in [0, 0.05) is 34.9 Å². The van der Waals surface area contributed by atoms with Gasteiger partial charge in [0.1, 0.15) is 12.4 Å². The molecule has 2 saturated carbocycles. The van der Waals surface area contributed by atoms with Crippen LogP contribution in [0.3, 0.4) is 0 Å². The van der Waals surface area contributed by atoms with E-state index in [-0.39, 0.29) is 22.9 Å². The van der Waals surface area contributed by atoms with Crippen molar-refractivity contribution in [1.29, 1.82) is 0 Å². The van der Waals surface area contributed by atoms with Crippen molar-refractivity contribution in [3.05, 3.63) is 71.3 Å². The van der Waals surface area contributed by atoms with Crippen molar-refractivity contribution in [2.24, 2.45) is 17.3 Å². The van der Waals surface area contributed by atoms with Gasteiger partial charge in [-0.2, -0.15) is 0 Å². The Morgan fingerprint density at radius 1 is 1.15 bits per heavy atom. The van der Waals surface area contributed by atoms with E-state index in [0.717, 1.165) is 43.2 Å². The van der Waals surface area contributed by atoms with Crippen LogP contribution in [0.15, 0.2) is 54.6 Å². The lowest BCUT2D eigenvalue weighted by Gasteiger charge is -2.71. The minimum atomic E-state index is -0.452. The van der Waals surface area contributed by atoms with Gasteiger partial charge in [0.05, 0.1) is 12.5 Å². The van der Waals surface area contributed by atoms with Gasteiger partial charge in [0.2, 0.25) is 0 Å². The standard InChI is InChI=1S/C30H31NO3/c1-33-23-10-9-20-15-24-28-11-12-29(22(16-28)18-32,21-5-3-2-4-6-21)27-30(28,25(20)26(23)34-27)13-14-31(24)17-19-7-8-19/h2-6,9-12,18-19,22,24,27H,7-8,13-17H2,1H3/t22?,24-,27+,28?,29?,30+/m1/s1. The van der Waals surface area contributed by atoms with Crippen molar-refractivity contribution in [2.75, 3.05) is 20.2 Å². The molecule has 0 amide bonds. The Balaban J connectivity index is 1.43. The van der Waals surface area contributed by atoms with Crippen molar-refractivity contribution in [1.82, 2.24) is 4.90 Å². The number of aldehydes is 1. The highest BCUT2D eigenvalue weighted by Crippen LogP contribution is 2.76. The molecule has 7 aliphatic rings. The number of fused-ring (bicyclic) bond motifs is 1. The lowest BCUT2D eigenvalue weighted by molar-refractivity contribution is -0.156. The van der Waals surface area contributed by atoms with Gasteiger partial charge in [-0.15, -0.1) is 0 Å². The Labute approximate surface area is 200 Å². The Kier molecular flexibility index (Phi) is 3.67.